The van der Waals surface area contributed by atoms with Crippen molar-refractivity contribution in [1.82, 2.24) is 9.80 Å². The molecule has 1 fully saturated rings. The molecule has 14 heteroatoms. The molecule has 4 amide bonds. The first-order valence-electron chi connectivity index (χ1n) is 14.8. The van der Waals surface area contributed by atoms with E-state index in [0.29, 0.717) is 16.0 Å². The van der Waals surface area contributed by atoms with Crippen LogP contribution in [0.2, 0.25) is 0 Å². The zero-order chi connectivity index (χ0) is 35.6. The van der Waals surface area contributed by atoms with Crippen LogP contribution in [0, 0.1) is 13.8 Å². The molecule has 250 valence electrons. The number of hydrogen-bond acceptors (Lipinski definition) is 9. The third-order valence-corrected chi connectivity index (χ3v) is 8.28. The number of anilines is 1. The van der Waals surface area contributed by atoms with Gasteiger partial charge in [-0.2, -0.15) is 5.10 Å². The largest absolute Gasteiger partial charge is 0.481 e. The molecule has 3 atom stereocenters. The van der Waals surface area contributed by atoms with E-state index in [0.717, 1.165) is 23.0 Å². The third kappa shape index (κ3) is 6.00. The highest BCUT2D eigenvalue weighted by molar-refractivity contribution is 6.24. The summed E-state index contributed by atoms with van der Waals surface area (Å²) in [7, 11) is 0. The first kappa shape index (κ1) is 35.0. The van der Waals surface area contributed by atoms with Crippen LogP contribution < -0.4 is 16.5 Å². The Morgan fingerprint density at radius 2 is 1.56 bits per heavy atom. The van der Waals surface area contributed by atoms with Crippen molar-refractivity contribution < 1.29 is 39.0 Å². The maximum Gasteiger partial charge on any atom is 0.360 e. The van der Waals surface area contributed by atoms with Gasteiger partial charge in [0.2, 0.25) is 5.91 Å². The zero-order valence-corrected chi connectivity index (χ0v) is 26.8. The van der Waals surface area contributed by atoms with E-state index < -0.39 is 59.2 Å². The standard InChI is InChI=1S/C34H36N6O8/c1-20-14-21(2)16-24(15-20)19-38-32(48)40(30(45)33(38,4)25-12-10-23(11-13-25)18-37-36)34(22(3)41,31(46)47)39(26-8-6-5-7-9-26)29(44)27(35)17-28(42)43/h5-16,18,27H,17,19,35-36H2,1-4H3,(H,42,43)(H,46,47)/t27-,33+,34-/m0/s1. The van der Waals surface area contributed by atoms with E-state index in [2.05, 4.69) is 5.10 Å². The molecule has 48 heavy (non-hydrogen) atoms. The lowest BCUT2D eigenvalue weighted by Crippen LogP contribution is -2.74. The van der Waals surface area contributed by atoms with Gasteiger partial charge in [-0.15, -0.1) is 0 Å². The van der Waals surface area contributed by atoms with Crippen molar-refractivity contribution in [2.45, 2.75) is 57.9 Å². The van der Waals surface area contributed by atoms with Crippen LogP contribution in [0.25, 0.3) is 0 Å². The summed E-state index contributed by atoms with van der Waals surface area (Å²) in [5.74, 6) is -1.97. The Bertz CT molecular complexity index is 1780. The summed E-state index contributed by atoms with van der Waals surface area (Å²) in [6, 6.07) is 15.7. The van der Waals surface area contributed by atoms with Gasteiger partial charge in [-0.25, -0.2) is 14.5 Å². The summed E-state index contributed by atoms with van der Waals surface area (Å²) < 4.78 is 0. The van der Waals surface area contributed by atoms with Crippen LogP contribution in [0.3, 0.4) is 0 Å². The Labute approximate surface area is 276 Å². The van der Waals surface area contributed by atoms with Gasteiger partial charge in [-0.05, 0) is 56.5 Å². The average Bonchev–Trinajstić information content (AvgIpc) is 3.20. The molecular weight excluding hydrogens is 620 g/mol. The predicted molar refractivity (Wildman–Crippen MR) is 174 cm³/mol. The molecule has 0 saturated carbocycles. The fourth-order valence-corrected chi connectivity index (χ4v) is 6.09. The summed E-state index contributed by atoms with van der Waals surface area (Å²) in [5, 5.41) is 23.8. The molecule has 1 aliphatic heterocycles. The second-order valence-electron chi connectivity index (χ2n) is 11.7. The molecule has 3 aromatic rings. The van der Waals surface area contributed by atoms with Gasteiger partial charge in [-0.1, -0.05) is 71.8 Å². The monoisotopic (exact) mass is 656 g/mol. The number of carboxylic acid groups (broad SMARTS) is 2. The topological polar surface area (TPSA) is 217 Å². The number of imide groups is 1. The Morgan fingerprint density at radius 3 is 2.06 bits per heavy atom. The quantitative estimate of drug-likeness (QED) is 0.0734. The predicted octanol–water partition coefficient (Wildman–Crippen LogP) is 2.48. The Morgan fingerprint density at radius 1 is 0.979 bits per heavy atom. The van der Waals surface area contributed by atoms with Crippen LogP contribution in [0.4, 0.5) is 10.5 Å². The number of benzene rings is 3. The maximum atomic E-state index is 14.9. The van der Waals surface area contributed by atoms with Crippen LogP contribution in [-0.4, -0.2) is 73.5 Å². The van der Waals surface area contributed by atoms with Crippen molar-refractivity contribution in [2.75, 3.05) is 4.90 Å². The fourth-order valence-electron chi connectivity index (χ4n) is 6.09. The van der Waals surface area contributed by atoms with Crippen LogP contribution in [0.1, 0.15) is 48.1 Å². The summed E-state index contributed by atoms with van der Waals surface area (Å²) in [6.07, 6.45) is 0.426. The van der Waals surface area contributed by atoms with E-state index in [9.17, 15) is 39.0 Å². The number of Topliss-reactive ketones (excluding diaryl/α,β-unsaturated/α-hetero) is 1. The number of carbonyl (C=O) groups excluding carboxylic acids is 4. The summed E-state index contributed by atoms with van der Waals surface area (Å²) in [5.41, 5.74) is 3.66. The van der Waals surface area contributed by atoms with Crippen LogP contribution in [0.15, 0.2) is 77.9 Å². The van der Waals surface area contributed by atoms with Crippen molar-refractivity contribution in [3.63, 3.8) is 0 Å². The zero-order valence-electron chi connectivity index (χ0n) is 26.8. The van der Waals surface area contributed by atoms with Crippen molar-refractivity contribution in [3.05, 3.63) is 101 Å². The number of para-hydroxylation sites is 1. The Balaban J connectivity index is 2.04. The third-order valence-electron chi connectivity index (χ3n) is 8.28. The molecule has 1 aliphatic rings. The molecule has 1 heterocycles. The molecule has 14 nitrogen and oxygen atoms in total. The lowest BCUT2D eigenvalue weighted by Gasteiger charge is -2.43. The van der Waals surface area contributed by atoms with E-state index >= 15 is 0 Å². The average molecular weight is 657 g/mol. The number of hydrazone groups is 1. The summed E-state index contributed by atoms with van der Waals surface area (Å²) in [4.78, 5) is 84.4. The van der Waals surface area contributed by atoms with Gasteiger partial charge < -0.3 is 26.7 Å². The van der Waals surface area contributed by atoms with Gasteiger partial charge in [0, 0.05) is 12.2 Å². The second-order valence-corrected chi connectivity index (χ2v) is 11.7. The maximum absolute atomic E-state index is 14.9. The first-order valence-corrected chi connectivity index (χ1v) is 14.8. The van der Waals surface area contributed by atoms with Crippen molar-refractivity contribution in [1.29, 1.82) is 0 Å². The van der Waals surface area contributed by atoms with E-state index in [1.807, 2.05) is 19.9 Å². The number of carboxylic acids is 2. The molecule has 0 radical (unpaired) electrons. The fraction of sp³-hybridized carbons (Fsp3) is 0.265. The van der Waals surface area contributed by atoms with Gasteiger partial charge >= 0.3 is 18.0 Å². The lowest BCUT2D eigenvalue weighted by molar-refractivity contribution is -0.162. The van der Waals surface area contributed by atoms with Gasteiger partial charge in [-0.3, -0.25) is 24.1 Å². The number of carbonyl (C=O) groups is 6. The molecule has 6 N–H and O–H groups in total. The molecule has 3 aromatic carbocycles. The number of amides is 4. The summed E-state index contributed by atoms with van der Waals surface area (Å²) >= 11 is 0. The van der Waals surface area contributed by atoms with Crippen molar-refractivity contribution in [2.24, 2.45) is 16.7 Å². The minimum atomic E-state index is -3.33. The Kier molecular flexibility index (Phi) is 9.80. The number of aryl methyl sites for hydroxylation is 2. The van der Waals surface area contributed by atoms with E-state index in [-0.39, 0.29) is 22.7 Å². The molecule has 0 unspecified atom stereocenters. The number of urea groups is 1. The highest BCUT2D eigenvalue weighted by atomic mass is 16.4. The van der Waals surface area contributed by atoms with Gasteiger partial charge in [0.15, 0.2) is 5.78 Å². The molecule has 0 aromatic heterocycles. The number of nitrogens with zero attached hydrogens (tertiary/aromatic N) is 4. The molecule has 0 bridgehead atoms. The highest BCUT2D eigenvalue weighted by Crippen LogP contribution is 2.44. The Hall–Kier alpha value is -5.89. The van der Waals surface area contributed by atoms with Crippen molar-refractivity contribution >= 4 is 47.5 Å². The van der Waals surface area contributed by atoms with Crippen LogP contribution in [-0.2, 0) is 36.1 Å². The first-order chi connectivity index (χ1) is 22.6. The minimum absolute atomic E-state index is 0.197. The van der Waals surface area contributed by atoms with E-state index in [1.165, 1.54) is 37.4 Å². The molecule has 4 rings (SSSR count). The van der Waals surface area contributed by atoms with Crippen LogP contribution >= 0.6 is 0 Å². The summed E-state index contributed by atoms with van der Waals surface area (Å²) in [6.45, 7) is 5.75. The van der Waals surface area contributed by atoms with Crippen LogP contribution in [0.5, 0.6) is 0 Å². The molecule has 0 spiro atoms. The lowest BCUT2D eigenvalue weighted by atomic mass is 9.88. The molecular formula is C34H36N6O8. The van der Waals surface area contributed by atoms with E-state index in [4.69, 9.17) is 11.6 Å². The number of hydrogen-bond donors (Lipinski definition) is 4. The smallest absolute Gasteiger partial charge is 0.360 e. The molecule has 1 saturated heterocycles. The van der Waals surface area contributed by atoms with E-state index in [1.54, 1.807) is 42.5 Å². The number of ketones is 1. The minimum Gasteiger partial charge on any atom is -0.481 e. The van der Waals surface area contributed by atoms with Gasteiger partial charge in [0.05, 0.1) is 18.7 Å². The second kappa shape index (κ2) is 13.5. The van der Waals surface area contributed by atoms with Gasteiger partial charge in [0.1, 0.15) is 5.54 Å². The number of aliphatic carboxylic acids is 2. The number of nitrogens with two attached hydrogens (primary N) is 2. The number of rotatable bonds is 12. The van der Waals surface area contributed by atoms with Gasteiger partial charge in [0.25, 0.3) is 11.6 Å². The SMILES string of the molecule is CC(=O)[C@@](C(=O)O)(N1C(=O)N(Cc2cc(C)cc(C)c2)[C@](C)(c2ccc(C=NN)cc2)C1=O)N(C(=O)[C@@H](N)CC(=O)O)c1ccccc1. The normalized spacial score (nSPS) is 18.1. The van der Waals surface area contributed by atoms with Crippen molar-refractivity contribution in [3.8, 4) is 0 Å². The molecule has 0 aliphatic carbocycles. The highest BCUT2D eigenvalue weighted by Gasteiger charge is 2.69.